The number of amides is 1. The summed E-state index contributed by atoms with van der Waals surface area (Å²) in [6.07, 6.45) is 7.17. The van der Waals surface area contributed by atoms with Crippen molar-refractivity contribution in [2.24, 2.45) is 5.92 Å². The summed E-state index contributed by atoms with van der Waals surface area (Å²) in [6, 6.07) is 23.3. The standard InChI is InChI=1S/C40H52N4O2.3ClH/c1-31-8-3-4-10-36(31)29-42-20-16-32(17-21-42)9-7-13-39(45)35-15-14-33-18-22-43(23-19-34(33)28-35)30-37-11-5-6-12-38(37)40(46)44-26-24-41(2)25-27-44;;;/h3-6,8,10-12,14-15,28,32H,7,9,13,16-27,29-30H2,1-2H3;3*1H. The number of fused-ring (bicyclic) bond motifs is 1. The second kappa shape index (κ2) is 19.8. The molecule has 0 aliphatic carbocycles. The minimum absolute atomic E-state index is 0. The van der Waals surface area contributed by atoms with Crippen molar-refractivity contribution in [1.82, 2.24) is 19.6 Å². The van der Waals surface area contributed by atoms with Gasteiger partial charge in [0, 0.05) is 69.9 Å². The minimum Gasteiger partial charge on any atom is -0.336 e. The molecule has 6 nitrogen and oxygen atoms in total. The quantitative estimate of drug-likeness (QED) is 0.202. The zero-order valence-corrected chi connectivity index (χ0v) is 31.7. The fourth-order valence-electron chi connectivity index (χ4n) is 7.55. The Bertz CT molecular complexity index is 1500. The van der Waals surface area contributed by atoms with Crippen LogP contribution in [-0.2, 0) is 25.9 Å². The maximum absolute atomic E-state index is 13.4. The number of aryl methyl sites for hydroxylation is 1. The first-order valence-electron chi connectivity index (χ1n) is 17.6. The van der Waals surface area contributed by atoms with Gasteiger partial charge in [-0.25, -0.2) is 0 Å². The molecular formula is C40H55Cl3N4O2. The van der Waals surface area contributed by atoms with Crippen LogP contribution in [0.4, 0.5) is 0 Å². The van der Waals surface area contributed by atoms with E-state index < -0.39 is 0 Å². The fraction of sp³-hybridized carbons (Fsp3) is 0.500. The second-order valence-electron chi connectivity index (χ2n) is 14.0. The van der Waals surface area contributed by atoms with E-state index in [2.05, 4.69) is 83.3 Å². The van der Waals surface area contributed by atoms with Gasteiger partial charge in [0.05, 0.1) is 0 Å². The van der Waals surface area contributed by atoms with Crippen molar-refractivity contribution in [1.29, 1.82) is 0 Å². The number of halogens is 3. The molecule has 9 heteroatoms. The van der Waals surface area contributed by atoms with Crippen LogP contribution in [0.25, 0.3) is 0 Å². The SMILES string of the molecule is Cc1ccccc1CN1CCC(CCCC(=O)c2ccc3c(c2)CCN(Cc2ccccc2C(=O)N2CCN(C)CC2)CC3)CC1.Cl.Cl.Cl. The lowest BCUT2D eigenvalue weighted by molar-refractivity contribution is 0.0661. The largest absolute Gasteiger partial charge is 0.336 e. The summed E-state index contributed by atoms with van der Waals surface area (Å²) >= 11 is 0. The zero-order chi connectivity index (χ0) is 31.9. The van der Waals surface area contributed by atoms with Gasteiger partial charge in [0.25, 0.3) is 5.91 Å². The molecule has 3 aromatic rings. The Balaban J connectivity index is 0.00000217. The maximum Gasteiger partial charge on any atom is 0.254 e. The number of benzene rings is 3. The van der Waals surface area contributed by atoms with Gasteiger partial charge in [-0.05, 0) is 111 Å². The third kappa shape index (κ3) is 11.0. The molecule has 3 aliphatic heterocycles. The molecule has 0 aromatic heterocycles. The Kier molecular flexibility index (Phi) is 16.6. The van der Waals surface area contributed by atoms with E-state index in [4.69, 9.17) is 0 Å². The van der Waals surface area contributed by atoms with Crippen LogP contribution in [0.15, 0.2) is 66.7 Å². The molecule has 0 spiro atoms. The molecule has 2 saturated heterocycles. The molecule has 0 N–H and O–H groups in total. The third-order valence-electron chi connectivity index (χ3n) is 10.7. The van der Waals surface area contributed by atoms with E-state index in [-0.39, 0.29) is 48.9 Å². The van der Waals surface area contributed by atoms with Crippen molar-refractivity contribution in [3.8, 4) is 0 Å². The molecule has 3 aliphatic rings. The number of likely N-dealkylation sites (N-methyl/N-ethyl adjacent to an activating group) is 1. The van der Waals surface area contributed by atoms with Crippen molar-refractivity contribution >= 4 is 48.9 Å². The molecule has 3 aromatic carbocycles. The number of carbonyl (C=O) groups is 2. The number of ketones is 1. The maximum atomic E-state index is 13.4. The highest BCUT2D eigenvalue weighted by Crippen LogP contribution is 2.26. The summed E-state index contributed by atoms with van der Waals surface area (Å²) in [5.74, 6) is 1.19. The first kappa shape index (κ1) is 41.0. The molecular weight excluding hydrogens is 675 g/mol. The summed E-state index contributed by atoms with van der Waals surface area (Å²) in [5, 5.41) is 0. The van der Waals surface area contributed by atoms with Crippen LogP contribution in [0.1, 0.15) is 80.6 Å². The van der Waals surface area contributed by atoms with E-state index >= 15 is 0 Å². The highest BCUT2D eigenvalue weighted by Gasteiger charge is 2.24. The van der Waals surface area contributed by atoms with Gasteiger partial charge in [0.2, 0.25) is 0 Å². The lowest BCUT2D eigenvalue weighted by atomic mass is 9.90. The van der Waals surface area contributed by atoms with Crippen LogP contribution in [0.3, 0.4) is 0 Å². The summed E-state index contributed by atoms with van der Waals surface area (Å²) in [7, 11) is 2.12. The molecule has 6 rings (SSSR count). The van der Waals surface area contributed by atoms with E-state index in [0.29, 0.717) is 6.42 Å². The first-order valence-corrected chi connectivity index (χ1v) is 17.6. The molecule has 0 bridgehead atoms. The van der Waals surface area contributed by atoms with Gasteiger partial charge in [-0.1, -0.05) is 54.6 Å². The molecule has 0 unspecified atom stereocenters. The topological polar surface area (TPSA) is 47.1 Å². The molecule has 0 atom stereocenters. The summed E-state index contributed by atoms with van der Waals surface area (Å²) in [5.41, 5.74) is 8.34. The van der Waals surface area contributed by atoms with Crippen molar-refractivity contribution in [2.75, 3.05) is 59.4 Å². The second-order valence-corrected chi connectivity index (χ2v) is 14.0. The number of rotatable bonds is 10. The number of piperidine rings is 1. The first-order chi connectivity index (χ1) is 22.4. The molecule has 1 amide bonds. The molecule has 0 radical (unpaired) electrons. The van der Waals surface area contributed by atoms with Gasteiger partial charge in [0.15, 0.2) is 5.78 Å². The van der Waals surface area contributed by atoms with Crippen molar-refractivity contribution in [3.05, 3.63) is 106 Å². The highest BCUT2D eigenvalue weighted by molar-refractivity contribution is 5.96. The molecule has 268 valence electrons. The number of carbonyl (C=O) groups excluding carboxylic acids is 2. The monoisotopic (exact) mass is 728 g/mol. The van der Waals surface area contributed by atoms with E-state index in [0.717, 1.165) is 114 Å². The Morgan fingerprint density at radius 1 is 0.694 bits per heavy atom. The van der Waals surface area contributed by atoms with E-state index in [1.807, 2.05) is 17.0 Å². The van der Waals surface area contributed by atoms with Gasteiger partial charge in [0.1, 0.15) is 0 Å². The summed E-state index contributed by atoms with van der Waals surface area (Å²) in [4.78, 5) is 36.0. The van der Waals surface area contributed by atoms with Crippen molar-refractivity contribution in [2.45, 2.75) is 65.0 Å². The normalized spacial score (nSPS) is 17.6. The summed E-state index contributed by atoms with van der Waals surface area (Å²) in [6.45, 7) is 11.7. The Hall–Kier alpha value is -2.45. The third-order valence-corrected chi connectivity index (χ3v) is 10.7. The van der Waals surface area contributed by atoms with Gasteiger partial charge in [-0.2, -0.15) is 0 Å². The molecule has 2 fully saturated rings. The highest BCUT2D eigenvalue weighted by atomic mass is 35.5. The van der Waals surface area contributed by atoms with Crippen LogP contribution in [-0.4, -0.2) is 90.7 Å². The van der Waals surface area contributed by atoms with Crippen LogP contribution in [0, 0.1) is 12.8 Å². The van der Waals surface area contributed by atoms with Crippen LogP contribution in [0.2, 0.25) is 0 Å². The van der Waals surface area contributed by atoms with Gasteiger partial charge in [-0.3, -0.25) is 19.4 Å². The molecule has 0 saturated carbocycles. The lowest BCUT2D eigenvalue weighted by Crippen LogP contribution is -2.47. The zero-order valence-electron chi connectivity index (χ0n) is 29.3. The summed E-state index contributed by atoms with van der Waals surface area (Å²) < 4.78 is 0. The number of piperazine rings is 1. The van der Waals surface area contributed by atoms with Crippen LogP contribution >= 0.6 is 37.2 Å². The van der Waals surface area contributed by atoms with Gasteiger partial charge in [-0.15, -0.1) is 37.2 Å². The molecule has 3 heterocycles. The predicted molar refractivity (Wildman–Crippen MR) is 208 cm³/mol. The lowest BCUT2D eigenvalue weighted by Gasteiger charge is -2.33. The number of nitrogens with zero attached hydrogens (tertiary/aromatic N) is 4. The number of likely N-dealkylation sites (tertiary alicyclic amines) is 1. The van der Waals surface area contributed by atoms with Gasteiger partial charge < -0.3 is 9.80 Å². The number of hydrogen-bond donors (Lipinski definition) is 0. The van der Waals surface area contributed by atoms with E-state index in [1.54, 1.807) is 0 Å². The number of hydrogen-bond acceptors (Lipinski definition) is 5. The van der Waals surface area contributed by atoms with Crippen molar-refractivity contribution < 1.29 is 9.59 Å². The van der Waals surface area contributed by atoms with E-state index in [1.165, 1.54) is 35.1 Å². The van der Waals surface area contributed by atoms with E-state index in [9.17, 15) is 9.59 Å². The predicted octanol–water partition coefficient (Wildman–Crippen LogP) is 7.51. The Morgan fingerprint density at radius 2 is 1.31 bits per heavy atom. The fourth-order valence-corrected chi connectivity index (χ4v) is 7.55. The van der Waals surface area contributed by atoms with Crippen molar-refractivity contribution in [3.63, 3.8) is 0 Å². The van der Waals surface area contributed by atoms with Gasteiger partial charge >= 0.3 is 0 Å². The Morgan fingerprint density at radius 3 is 2.02 bits per heavy atom. The minimum atomic E-state index is 0. The Labute approximate surface area is 312 Å². The van der Waals surface area contributed by atoms with Crippen LogP contribution < -0.4 is 0 Å². The smallest absolute Gasteiger partial charge is 0.254 e. The average molecular weight is 730 g/mol. The average Bonchev–Trinajstić information content (AvgIpc) is 3.28. The van der Waals surface area contributed by atoms with Crippen LogP contribution in [0.5, 0.6) is 0 Å². The molecule has 49 heavy (non-hydrogen) atoms. The number of Topliss-reactive ketones (excluding diaryl/α,β-unsaturated/α-hetero) is 1.